The van der Waals surface area contributed by atoms with E-state index in [1.807, 2.05) is 20.8 Å². The number of carbonyl (C=O) groups excluding carboxylic acids is 1. The van der Waals surface area contributed by atoms with Crippen LogP contribution in [0.2, 0.25) is 0 Å². The zero-order valence-electron chi connectivity index (χ0n) is 23.9. The van der Waals surface area contributed by atoms with Crippen molar-refractivity contribution in [2.24, 2.45) is 17.3 Å². The Morgan fingerprint density at radius 2 is 1.97 bits per heavy atom. The van der Waals surface area contributed by atoms with Crippen molar-refractivity contribution in [3.63, 3.8) is 0 Å². The van der Waals surface area contributed by atoms with Gasteiger partial charge < -0.3 is 24.6 Å². The number of carbonyl (C=O) groups is 2. The molecule has 1 saturated carbocycles. The molecule has 0 bridgehead atoms. The lowest BCUT2D eigenvalue weighted by atomic mass is 9.78. The lowest BCUT2D eigenvalue weighted by Crippen LogP contribution is -2.51. The molecule has 1 aromatic rings. The minimum atomic E-state index is -1.05. The molecule has 2 fully saturated rings. The third kappa shape index (κ3) is 7.52. The molecule has 2 aliphatic carbocycles. The number of hydrogen-bond donors (Lipinski definition) is 2. The number of rotatable bonds is 7. The van der Waals surface area contributed by atoms with Gasteiger partial charge in [0.25, 0.3) is 0 Å². The van der Waals surface area contributed by atoms with E-state index in [0.717, 1.165) is 24.2 Å². The van der Waals surface area contributed by atoms with E-state index in [0.29, 0.717) is 55.9 Å². The van der Waals surface area contributed by atoms with Crippen molar-refractivity contribution >= 4 is 28.9 Å². The molecule has 2 heterocycles. The van der Waals surface area contributed by atoms with E-state index in [4.69, 9.17) is 9.47 Å². The highest BCUT2D eigenvalue weighted by atomic mass is 32.1. The quantitative estimate of drug-likeness (QED) is 0.332. The summed E-state index contributed by atoms with van der Waals surface area (Å²) in [5, 5.41) is 21.4. The number of carboxylic acids is 1. The van der Waals surface area contributed by atoms with E-state index in [1.54, 1.807) is 11.0 Å². The Balaban J connectivity index is 1.62. The summed E-state index contributed by atoms with van der Waals surface area (Å²) in [5.41, 5.74) is 0.531. The van der Waals surface area contributed by atoms with Gasteiger partial charge in [0.2, 0.25) is 5.91 Å². The Bertz CT molecular complexity index is 1140. The van der Waals surface area contributed by atoms with Crippen molar-refractivity contribution in [2.75, 3.05) is 24.7 Å². The Labute approximate surface area is 236 Å². The predicted octanol–water partition coefficient (Wildman–Crippen LogP) is 5.65. The fourth-order valence-corrected chi connectivity index (χ4v) is 6.64. The molecule has 0 aromatic carbocycles. The third-order valence-corrected chi connectivity index (χ3v) is 9.09. The maximum absolute atomic E-state index is 14.2. The van der Waals surface area contributed by atoms with Crippen LogP contribution in [0, 0.1) is 29.1 Å². The molecule has 2 unspecified atom stereocenters. The first-order chi connectivity index (χ1) is 18.3. The van der Waals surface area contributed by atoms with E-state index in [2.05, 4.69) is 31.8 Å². The number of ether oxygens (including phenoxy) is 2. The van der Waals surface area contributed by atoms with Gasteiger partial charge in [-0.05, 0) is 84.6 Å². The van der Waals surface area contributed by atoms with Gasteiger partial charge in [-0.15, -0.1) is 11.3 Å². The van der Waals surface area contributed by atoms with Crippen LogP contribution in [0.25, 0.3) is 0 Å². The molecular formula is C31H43NO6S. The molecule has 4 rings (SSSR count). The third-order valence-electron chi connectivity index (χ3n) is 8.06. The van der Waals surface area contributed by atoms with Crippen molar-refractivity contribution in [3.8, 4) is 11.8 Å². The number of anilines is 1. The maximum atomic E-state index is 14.2. The predicted molar refractivity (Wildman–Crippen MR) is 153 cm³/mol. The normalized spacial score (nSPS) is 29.3. The van der Waals surface area contributed by atoms with E-state index >= 15 is 0 Å². The smallest absolute Gasteiger partial charge is 0.348 e. The molecule has 8 heteroatoms. The first-order valence-corrected chi connectivity index (χ1v) is 15.0. The number of aromatic carboxylic acids is 1. The Morgan fingerprint density at radius 3 is 2.56 bits per heavy atom. The molecule has 1 saturated heterocycles. The number of nitrogens with zero attached hydrogens (tertiary/aromatic N) is 1. The summed E-state index contributed by atoms with van der Waals surface area (Å²) < 4.78 is 11.3. The molecular weight excluding hydrogens is 514 g/mol. The summed E-state index contributed by atoms with van der Waals surface area (Å²) in [6.07, 6.45) is 6.61. The largest absolute Gasteiger partial charge is 0.477 e. The molecule has 0 spiro atoms. The van der Waals surface area contributed by atoms with Crippen LogP contribution in [0.15, 0.2) is 17.7 Å². The molecule has 7 nitrogen and oxygen atoms in total. The Kier molecular flexibility index (Phi) is 9.27. The van der Waals surface area contributed by atoms with Gasteiger partial charge in [-0.25, -0.2) is 4.79 Å². The van der Waals surface area contributed by atoms with Crippen LogP contribution in [0.5, 0.6) is 0 Å². The van der Waals surface area contributed by atoms with Crippen LogP contribution in [0.4, 0.5) is 5.69 Å². The highest BCUT2D eigenvalue weighted by Crippen LogP contribution is 2.41. The fourth-order valence-electron chi connectivity index (χ4n) is 5.80. The topological polar surface area (TPSA) is 96.3 Å². The molecule has 1 amide bonds. The highest BCUT2D eigenvalue weighted by Gasteiger charge is 2.42. The number of hydrogen-bond acceptors (Lipinski definition) is 6. The monoisotopic (exact) mass is 557 g/mol. The molecule has 214 valence electrons. The SMILES string of the molecule is CC1=CCC(C(=O)N(c2cc(C#CC(C)(C)C)sc2C(=O)O)C2CCC(O)(COC3CCOC3)CC2)[C@H](C)C1. The van der Waals surface area contributed by atoms with Crippen molar-refractivity contribution < 1.29 is 29.3 Å². The van der Waals surface area contributed by atoms with Gasteiger partial charge in [0.15, 0.2) is 0 Å². The average Bonchev–Trinajstić information content (AvgIpc) is 3.53. The first-order valence-electron chi connectivity index (χ1n) is 14.2. The minimum absolute atomic E-state index is 0.0192. The minimum Gasteiger partial charge on any atom is -0.477 e. The second-order valence-corrected chi connectivity index (χ2v) is 13.7. The summed E-state index contributed by atoms with van der Waals surface area (Å²) in [5.74, 6) is 5.19. The molecule has 3 aliphatic rings. The van der Waals surface area contributed by atoms with E-state index in [-0.39, 0.29) is 46.8 Å². The Hall–Kier alpha value is -2.18. The summed E-state index contributed by atoms with van der Waals surface area (Å²) in [6.45, 7) is 11.7. The first kappa shape index (κ1) is 29.8. The van der Waals surface area contributed by atoms with E-state index in [1.165, 1.54) is 5.57 Å². The number of carboxylic acid groups (broad SMARTS) is 1. The van der Waals surface area contributed by atoms with Crippen LogP contribution < -0.4 is 4.90 Å². The van der Waals surface area contributed by atoms with Crippen molar-refractivity contribution in [1.82, 2.24) is 0 Å². The maximum Gasteiger partial charge on any atom is 0.348 e. The Morgan fingerprint density at radius 1 is 1.26 bits per heavy atom. The molecule has 3 atom stereocenters. The van der Waals surface area contributed by atoms with Gasteiger partial charge in [-0.1, -0.05) is 30.4 Å². The van der Waals surface area contributed by atoms with Crippen LogP contribution in [-0.4, -0.2) is 59.7 Å². The molecule has 39 heavy (non-hydrogen) atoms. The van der Waals surface area contributed by atoms with Gasteiger partial charge >= 0.3 is 5.97 Å². The second-order valence-electron chi connectivity index (χ2n) is 12.7. The zero-order valence-corrected chi connectivity index (χ0v) is 24.7. The number of allylic oxidation sites excluding steroid dienone is 2. The van der Waals surface area contributed by atoms with E-state index < -0.39 is 11.6 Å². The number of amides is 1. The lowest BCUT2D eigenvalue weighted by molar-refractivity contribution is -0.125. The number of thiophene rings is 1. The molecule has 1 aromatic heterocycles. The summed E-state index contributed by atoms with van der Waals surface area (Å²) in [6, 6.07) is 1.58. The van der Waals surface area contributed by atoms with Gasteiger partial charge in [-0.2, -0.15) is 0 Å². The zero-order chi connectivity index (χ0) is 28.4. The van der Waals surface area contributed by atoms with Crippen molar-refractivity contribution in [2.45, 2.75) is 97.3 Å². The lowest BCUT2D eigenvalue weighted by Gasteiger charge is -2.42. The standard InChI is InChI=1S/C31H43NO6S/c1-20-6-7-25(21(2)16-20)28(33)32(26-17-24(10-12-30(3,4)5)39-27(26)29(34)35)22-8-13-31(36,14-9-22)19-38-23-11-15-37-18-23/h6,17,21-23,25,36H,7-9,11,13-16,18-19H2,1-5H3,(H,34,35)/t21-,22?,23?,25?,31?/m1/s1. The average molecular weight is 558 g/mol. The molecule has 1 aliphatic heterocycles. The fraction of sp³-hybridized carbons (Fsp3) is 0.677. The van der Waals surface area contributed by atoms with Crippen molar-refractivity contribution in [1.29, 1.82) is 0 Å². The van der Waals surface area contributed by atoms with Crippen LogP contribution >= 0.6 is 11.3 Å². The van der Waals surface area contributed by atoms with Gasteiger partial charge in [0, 0.05) is 24.0 Å². The van der Waals surface area contributed by atoms with Crippen LogP contribution in [-0.2, 0) is 14.3 Å². The molecule has 2 N–H and O–H groups in total. The molecule has 0 radical (unpaired) electrons. The second kappa shape index (κ2) is 12.1. The highest BCUT2D eigenvalue weighted by molar-refractivity contribution is 7.15. The number of aliphatic hydroxyl groups is 1. The van der Waals surface area contributed by atoms with Gasteiger partial charge in [0.05, 0.1) is 35.5 Å². The van der Waals surface area contributed by atoms with Crippen molar-refractivity contribution in [3.05, 3.63) is 27.5 Å². The summed E-state index contributed by atoms with van der Waals surface area (Å²) in [4.78, 5) is 29.2. The summed E-state index contributed by atoms with van der Waals surface area (Å²) in [7, 11) is 0. The van der Waals surface area contributed by atoms with E-state index in [9.17, 15) is 19.8 Å². The summed E-state index contributed by atoms with van der Waals surface area (Å²) >= 11 is 1.13. The van der Waals surface area contributed by atoms with Gasteiger partial charge in [-0.3, -0.25) is 4.79 Å². The van der Waals surface area contributed by atoms with Crippen LogP contribution in [0.1, 0.15) is 94.1 Å². The van der Waals surface area contributed by atoms with Crippen LogP contribution in [0.3, 0.4) is 0 Å². The van der Waals surface area contributed by atoms with Gasteiger partial charge in [0.1, 0.15) is 4.88 Å².